The molecule has 0 aliphatic heterocycles. The molecule has 0 amide bonds. The van der Waals surface area contributed by atoms with Crippen molar-refractivity contribution in [2.75, 3.05) is 5.73 Å². The van der Waals surface area contributed by atoms with Crippen LogP contribution in [0.4, 0.5) is 5.69 Å². The van der Waals surface area contributed by atoms with Crippen LogP contribution in [0, 0.1) is 5.41 Å². The van der Waals surface area contributed by atoms with Crippen molar-refractivity contribution in [3.63, 3.8) is 0 Å². The monoisotopic (exact) mass is 366 g/mol. The molecule has 136 valence electrons. The number of fused-ring (bicyclic) bond motifs is 1. The number of nitrogens with zero attached hydrogens (tertiary/aromatic N) is 1. The molecule has 0 atom stereocenters. The van der Waals surface area contributed by atoms with Crippen LogP contribution in [-0.4, -0.2) is 17.1 Å². The molecule has 5 heteroatoms. The Morgan fingerprint density at radius 1 is 0.893 bits per heavy atom. The van der Waals surface area contributed by atoms with Gasteiger partial charge in [-0.2, -0.15) is 0 Å². The maximum absolute atomic E-state index is 10.9. The van der Waals surface area contributed by atoms with Crippen LogP contribution >= 0.6 is 0 Å². The van der Waals surface area contributed by atoms with Crippen molar-refractivity contribution in [3.8, 4) is 22.5 Å². The molecule has 4 aromatic rings. The van der Waals surface area contributed by atoms with E-state index < -0.39 is 0 Å². The summed E-state index contributed by atoms with van der Waals surface area (Å²) in [5.41, 5.74) is 16.3. The first-order valence-corrected chi connectivity index (χ1v) is 8.76. The van der Waals surface area contributed by atoms with Gasteiger partial charge in [0.25, 0.3) is 0 Å². The molecular formula is C23H18N4O. The number of hydrogen-bond acceptors (Lipinski definition) is 4. The molecule has 28 heavy (non-hydrogen) atoms. The van der Waals surface area contributed by atoms with E-state index in [1.165, 1.54) is 0 Å². The number of nitrogens with two attached hydrogens (primary N) is 2. The zero-order valence-electron chi connectivity index (χ0n) is 15.0. The SMILES string of the molecule is N=C(N)c1c(N)cc(-c2ccc(C=O)cc2)nc1-c1ccc2ccccc2c1. The number of hydrogen-bond donors (Lipinski definition) is 3. The molecule has 0 fully saturated rings. The van der Waals surface area contributed by atoms with Crippen LogP contribution < -0.4 is 11.5 Å². The molecular weight excluding hydrogens is 348 g/mol. The maximum atomic E-state index is 10.9. The number of aldehydes is 1. The molecule has 4 rings (SSSR count). The molecule has 0 spiro atoms. The Bertz CT molecular complexity index is 1210. The van der Waals surface area contributed by atoms with Crippen LogP contribution in [0.3, 0.4) is 0 Å². The number of nitrogen functional groups attached to an aromatic ring is 2. The summed E-state index contributed by atoms with van der Waals surface area (Å²) in [6.07, 6.45) is 0.797. The fourth-order valence-electron chi connectivity index (χ4n) is 3.27. The highest BCUT2D eigenvalue weighted by atomic mass is 16.1. The molecule has 5 nitrogen and oxygen atoms in total. The maximum Gasteiger partial charge on any atom is 0.150 e. The lowest BCUT2D eigenvalue weighted by atomic mass is 9.98. The van der Waals surface area contributed by atoms with E-state index in [-0.39, 0.29) is 5.84 Å². The third-order valence-electron chi connectivity index (χ3n) is 4.68. The summed E-state index contributed by atoms with van der Waals surface area (Å²) in [6.45, 7) is 0. The van der Waals surface area contributed by atoms with Gasteiger partial charge in [-0.3, -0.25) is 10.2 Å². The van der Waals surface area contributed by atoms with Crippen molar-refractivity contribution in [2.45, 2.75) is 0 Å². The van der Waals surface area contributed by atoms with Crippen LogP contribution in [0.1, 0.15) is 15.9 Å². The number of carbonyl (C=O) groups is 1. The summed E-state index contributed by atoms with van der Waals surface area (Å²) in [5, 5.41) is 10.2. The number of benzene rings is 3. The zero-order valence-corrected chi connectivity index (χ0v) is 15.0. The molecule has 0 aliphatic carbocycles. The first kappa shape index (κ1) is 17.4. The molecule has 1 heterocycles. The Labute approximate surface area is 162 Å². The van der Waals surface area contributed by atoms with Gasteiger partial charge in [-0.25, -0.2) is 4.98 Å². The van der Waals surface area contributed by atoms with Gasteiger partial charge in [0, 0.05) is 22.4 Å². The first-order chi connectivity index (χ1) is 13.6. The summed E-state index contributed by atoms with van der Waals surface area (Å²) >= 11 is 0. The van der Waals surface area contributed by atoms with E-state index in [0.29, 0.717) is 28.2 Å². The molecule has 0 unspecified atom stereocenters. The Kier molecular flexibility index (Phi) is 4.33. The second-order valence-electron chi connectivity index (χ2n) is 6.54. The third kappa shape index (κ3) is 3.10. The molecule has 0 saturated heterocycles. The van der Waals surface area contributed by atoms with Crippen molar-refractivity contribution in [3.05, 3.63) is 83.9 Å². The highest BCUT2D eigenvalue weighted by molar-refractivity contribution is 6.06. The predicted molar refractivity (Wildman–Crippen MR) is 113 cm³/mol. The predicted octanol–water partition coefficient (Wildman–Crippen LogP) is 4.25. The first-order valence-electron chi connectivity index (χ1n) is 8.76. The van der Waals surface area contributed by atoms with Crippen molar-refractivity contribution >= 4 is 28.6 Å². The zero-order chi connectivity index (χ0) is 19.7. The molecule has 0 aliphatic rings. The molecule has 0 saturated carbocycles. The average Bonchev–Trinajstić information content (AvgIpc) is 2.72. The van der Waals surface area contributed by atoms with Gasteiger partial charge in [-0.15, -0.1) is 0 Å². The third-order valence-corrected chi connectivity index (χ3v) is 4.68. The summed E-state index contributed by atoms with van der Waals surface area (Å²) in [4.78, 5) is 15.7. The molecule has 0 bridgehead atoms. The van der Waals surface area contributed by atoms with Crippen molar-refractivity contribution in [1.82, 2.24) is 4.98 Å². The van der Waals surface area contributed by atoms with Crippen LogP contribution in [0.15, 0.2) is 72.8 Å². The lowest BCUT2D eigenvalue weighted by molar-refractivity contribution is 0.112. The molecule has 0 radical (unpaired) electrons. The number of aromatic nitrogens is 1. The normalized spacial score (nSPS) is 10.7. The Hall–Kier alpha value is -3.99. The van der Waals surface area contributed by atoms with Gasteiger partial charge in [0.2, 0.25) is 0 Å². The highest BCUT2D eigenvalue weighted by Gasteiger charge is 2.16. The quantitative estimate of drug-likeness (QED) is 0.285. The van der Waals surface area contributed by atoms with E-state index in [9.17, 15) is 4.79 Å². The van der Waals surface area contributed by atoms with Gasteiger partial charge in [0.05, 0.1) is 17.0 Å². The van der Waals surface area contributed by atoms with E-state index in [1.54, 1.807) is 18.2 Å². The van der Waals surface area contributed by atoms with E-state index in [4.69, 9.17) is 21.9 Å². The van der Waals surface area contributed by atoms with Gasteiger partial charge in [-0.05, 0) is 22.9 Å². The molecule has 5 N–H and O–H groups in total. The van der Waals surface area contributed by atoms with Gasteiger partial charge in [0.15, 0.2) is 0 Å². The number of nitrogens with one attached hydrogen (secondary N) is 1. The number of carbonyl (C=O) groups excluding carboxylic acids is 1. The van der Waals surface area contributed by atoms with E-state index in [2.05, 4.69) is 0 Å². The number of rotatable bonds is 4. The molecule has 3 aromatic carbocycles. The second-order valence-corrected chi connectivity index (χ2v) is 6.54. The van der Waals surface area contributed by atoms with E-state index in [1.807, 2.05) is 54.6 Å². The fraction of sp³-hybridized carbons (Fsp3) is 0. The van der Waals surface area contributed by atoms with Crippen molar-refractivity contribution < 1.29 is 4.79 Å². The van der Waals surface area contributed by atoms with Crippen molar-refractivity contribution in [2.24, 2.45) is 5.73 Å². The Balaban J connectivity index is 1.93. The van der Waals surface area contributed by atoms with Gasteiger partial charge < -0.3 is 11.5 Å². The molecule has 1 aromatic heterocycles. The Morgan fingerprint density at radius 3 is 2.25 bits per heavy atom. The van der Waals surface area contributed by atoms with Gasteiger partial charge in [0.1, 0.15) is 12.1 Å². The average molecular weight is 366 g/mol. The van der Waals surface area contributed by atoms with E-state index >= 15 is 0 Å². The number of pyridine rings is 1. The summed E-state index contributed by atoms with van der Waals surface area (Å²) < 4.78 is 0. The van der Waals surface area contributed by atoms with Crippen LogP contribution in [0.2, 0.25) is 0 Å². The lowest BCUT2D eigenvalue weighted by Gasteiger charge is -2.14. The summed E-state index contributed by atoms with van der Waals surface area (Å²) in [5.74, 6) is -0.129. The largest absolute Gasteiger partial charge is 0.398 e. The van der Waals surface area contributed by atoms with Gasteiger partial charge in [-0.1, -0.05) is 60.7 Å². The minimum absolute atomic E-state index is 0.129. The summed E-state index contributed by atoms with van der Waals surface area (Å²) in [6, 6.07) is 22.8. The van der Waals surface area contributed by atoms with Crippen LogP contribution in [-0.2, 0) is 0 Å². The number of amidine groups is 1. The van der Waals surface area contributed by atoms with Crippen LogP contribution in [0.5, 0.6) is 0 Å². The Morgan fingerprint density at radius 2 is 1.57 bits per heavy atom. The highest BCUT2D eigenvalue weighted by Crippen LogP contribution is 2.32. The standard InChI is InChI=1S/C23H18N4O/c24-19-12-20(16-7-5-14(13-28)6-8-16)27-22(21(19)23(25)26)18-10-9-15-3-1-2-4-17(15)11-18/h1-13H,(H2,24,27)(H3,25,26). The summed E-state index contributed by atoms with van der Waals surface area (Å²) in [7, 11) is 0. The minimum atomic E-state index is -0.129. The minimum Gasteiger partial charge on any atom is -0.398 e. The second kappa shape index (κ2) is 6.96. The van der Waals surface area contributed by atoms with Crippen molar-refractivity contribution in [1.29, 1.82) is 5.41 Å². The fourth-order valence-corrected chi connectivity index (χ4v) is 3.27. The lowest BCUT2D eigenvalue weighted by Crippen LogP contribution is -2.16. The number of anilines is 1. The van der Waals surface area contributed by atoms with Crippen LogP contribution in [0.25, 0.3) is 33.3 Å². The topological polar surface area (TPSA) is 106 Å². The van der Waals surface area contributed by atoms with E-state index in [0.717, 1.165) is 28.2 Å². The van der Waals surface area contributed by atoms with Gasteiger partial charge >= 0.3 is 0 Å². The smallest absolute Gasteiger partial charge is 0.150 e.